The molecule has 3 nitrogen and oxygen atoms in total. The fraction of sp³-hybridized carbons (Fsp3) is 0.581. The van der Waals surface area contributed by atoms with Gasteiger partial charge in [-0.05, 0) is 30.5 Å². The molecule has 0 saturated heterocycles. The molecule has 0 aliphatic carbocycles. The Morgan fingerprint density at radius 2 is 1.50 bits per heavy atom. The molecule has 2 aromatic carbocycles. The molecule has 0 amide bonds. The zero-order valence-corrected chi connectivity index (χ0v) is 21.6. The molecule has 2 aromatic rings. The minimum atomic E-state index is -1.19. The Balaban J connectivity index is 1.83. The quantitative estimate of drug-likeness (QED) is 0.134. The summed E-state index contributed by atoms with van der Waals surface area (Å²) in [6, 6.07) is 13.9. The van der Waals surface area contributed by atoms with Gasteiger partial charge in [-0.15, -0.1) is 12.3 Å². The zero-order chi connectivity index (χ0) is 24.7. The van der Waals surface area contributed by atoms with Crippen LogP contribution in [0.5, 0.6) is 0 Å². The summed E-state index contributed by atoms with van der Waals surface area (Å²) in [5, 5.41) is 2.06. The molecule has 0 bridgehead atoms. The number of rotatable bonds is 17. The number of terminal acetylenes is 1. The third kappa shape index (κ3) is 8.48. The van der Waals surface area contributed by atoms with Gasteiger partial charge in [0.1, 0.15) is 6.10 Å². The number of methoxy groups -OCH3 is 1. The number of ether oxygens (including phenoxy) is 2. The van der Waals surface area contributed by atoms with E-state index >= 15 is 0 Å². The number of carbonyl (C=O) groups is 1. The first-order chi connectivity index (χ1) is 16.6. The molecule has 0 aromatic heterocycles. The van der Waals surface area contributed by atoms with Crippen LogP contribution in [-0.4, -0.2) is 19.2 Å². The van der Waals surface area contributed by atoms with Crippen LogP contribution < -0.4 is 0 Å². The van der Waals surface area contributed by atoms with E-state index in [0.29, 0.717) is 6.42 Å². The SMILES string of the molecule is C#CC[C@@H](CCCCCCCCCCCCC)OC(=O)[C@](C)(OC)c1cccc2ccccc12. The first kappa shape index (κ1) is 27.9. The molecule has 0 spiro atoms. The van der Waals surface area contributed by atoms with Gasteiger partial charge in [-0.3, -0.25) is 0 Å². The number of unbranched alkanes of at least 4 members (excludes halogenated alkanes) is 10. The number of esters is 1. The maximum atomic E-state index is 13.3. The van der Waals surface area contributed by atoms with Crippen LogP contribution in [0.4, 0.5) is 0 Å². The number of fused-ring (bicyclic) bond motifs is 1. The Hall–Kier alpha value is -2.31. The van der Waals surface area contributed by atoms with Crippen molar-refractivity contribution in [2.45, 2.75) is 109 Å². The van der Waals surface area contributed by atoms with E-state index in [1.165, 1.54) is 57.8 Å². The minimum absolute atomic E-state index is 0.277. The molecular weight excluding hydrogens is 420 g/mol. The van der Waals surface area contributed by atoms with E-state index in [0.717, 1.165) is 35.6 Å². The topological polar surface area (TPSA) is 35.5 Å². The van der Waals surface area contributed by atoms with Crippen molar-refractivity contribution < 1.29 is 14.3 Å². The van der Waals surface area contributed by atoms with E-state index in [-0.39, 0.29) is 12.1 Å². The highest BCUT2D eigenvalue weighted by Crippen LogP contribution is 2.33. The molecule has 0 saturated carbocycles. The molecule has 0 N–H and O–H groups in total. The second kappa shape index (κ2) is 15.6. The fourth-order valence-corrected chi connectivity index (χ4v) is 4.58. The van der Waals surface area contributed by atoms with E-state index in [9.17, 15) is 4.79 Å². The van der Waals surface area contributed by atoms with Gasteiger partial charge in [0, 0.05) is 19.1 Å². The summed E-state index contributed by atoms with van der Waals surface area (Å²) < 4.78 is 11.7. The maximum Gasteiger partial charge on any atom is 0.343 e. The monoisotopic (exact) mass is 464 g/mol. The van der Waals surface area contributed by atoms with Gasteiger partial charge in [0.25, 0.3) is 0 Å². The zero-order valence-electron chi connectivity index (χ0n) is 21.6. The van der Waals surface area contributed by atoms with E-state index in [1.54, 1.807) is 14.0 Å². The van der Waals surface area contributed by atoms with E-state index in [1.807, 2.05) is 42.5 Å². The van der Waals surface area contributed by atoms with Gasteiger partial charge < -0.3 is 9.47 Å². The van der Waals surface area contributed by atoms with Gasteiger partial charge in [0.15, 0.2) is 5.60 Å². The lowest BCUT2D eigenvalue weighted by atomic mass is 9.90. The third-order valence-electron chi connectivity index (χ3n) is 6.85. The summed E-state index contributed by atoms with van der Waals surface area (Å²) in [4.78, 5) is 13.3. The summed E-state index contributed by atoms with van der Waals surface area (Å²) in [5.41, 5.74) is -0.377. The summed E-state index contributed by atoms with van der Waals surface area (Å²) in [7, 11) is 1.56. The summed E-state index contributed by atoms with van der Waals surface area (Å²) in [6.45, 7) is 4.04. The smallest absolute Gasteiger partial charge is 0.343 e. The predicted octanol–water partition coefficient (Wildman–Crippen LogP) is 8.34. The lowest BCUT2D eigenvalue weighted by molar-refractivity contribution is -0.174. The van der Waals surface area contributed by atoms with Gasteiger partial charge in [-0.2, -0.15) is 0 Å². The Morgan fingerprint density at radius 1 is 0.912 bits per heavy atom. The second-order valence-corrected chi connectivity index (χ2v) is 9.52. The molecular formula is C31H44O3. The standard InChI is InChI=1S/C31H44O3/c1-5-7-8-9-10-11-12-13-14-15-16-23-27(20-6-2)34-30(32)31(3,33-4)29-25-19-22-26-21-17-18-24-28(26)29/h2,17-19,21-22,24-25,27H,5,7-16,20,23H2,1,3-4H3/t27-,31+/m0/s1. The van der Waals surface area contributed by atoms with Crippen molar-refractivity contribution in [2.75, 3.05) is 7.11 Å². The van der Waals surface area contributed by atoms with Crippen molar-refractivity contribution in [1.82, 2.24) is 0 Å². The largest absolute Gasteiger partial charge is 0.459 e. The maximum absolute atomic E-state index is 13.3. The van der Waals surface area contributed by atoms with Crippen molar-refractivity contribution in [1.29, 1.82) is 0 Å². The summed E-state index contributed by atoms with van der Waals surface area (Å²) in [5.74, 6) is 2.30. The van der Waals surface area contributed by atoms with Gasteiger partial charge in [-0.1, -0.05) is 114 Å². The third-order valence-corrected chi connectivity index (χ3v) is 6.85. The van der Waals surface area contributed by atoms with E-state index in [4.69, 9.17) is 15.9 Å². The average Bonchev–Trinajstić information content (AvgIpc) is 2.86. The minimum Gasteiger partial charge on any atom is -0.459 e. The molecule has 0 heterocycles. The van der Waals surface area contributed by atoms with Crippen LogP contribution in [0.15, 0.2) is 42.5 Å². The van der Waals surface area contributed by atoms with Crippen LogP contribution in [0, 0.1) is 12.3 Å². The summed E-state index contributed by atoms with van der Waals surface area (Å²) >= 11 is 0. The molecule has 2 rings (SSSR count). The highest BCUT2D eigenvalue weighted by atomic mass is 16.6. The molecule has 2 atom stereocenters. The Kier molecular flexibility index (Phi) is 12.8. The van der Waals surface area contributed by atoms with Crippen LogP contribution in [0.1, 0.15) is 103 Å². The number of hydrogen-bond donors (Lipinski definition) is 0. The van der Waals surface area contributed by atoms with Crippen molar-refractivity contribution in [3.63, 3.8) is 0 Å². The van der Waals surface area contributed by atoms with Crippen molar-refractivity contribution in [3.05, 3.63) is 48.0 Å². The molecule has 186 valence electrons. The summed E-state index contributed by atoms with van der Waals surface area (Å²) in [6.07, 6.45) is 20.7. The number of carbonyl (C=O) groups excluding carboxylic acids is 1. The molecule has 0 radical (unpaired) electrons. The van der Waals surface area contributed by atoms with Crippen LogP contribution >= 0.6 is 0 Å². The van der Waals surface area contributed by atoms with Crippen LogP contribution in [0.25, 0.3) is 10.8 Å². The van der Waals surface area contributed by atoms with Gasteiger partial charge in [0.05, 0.1) is 0 Å². The van der Waals surface area contributed by atoms with Gasteiger partial charge in [0.2, 0.25) is 0 Å². The molecule has 0 fully saturated rings. The lowest BCUT2D eigenvalue weighted by Crippen LogP contribution is -2.38. The normalized spacial score (nSPS) is 13.8. The predicted molar refractivity (Wildman–Crippen MR) is 143 cm³/mol. The van der Waals surface area contributed by atoms with Crippen molar-refractivity contribution in [3.8, 4) is 12.3 Å². The van der Waals surface area contributed by atoms with Crippen LogP contribution in [-0.2, 0) is 19.9 Å². The van der Waals surface area contributed by atoms with Crippen molar-refractivity contribution in [2.24, 2.45) is 0 Å². The molecule has 0 aliphatic heterocycles. The Morgan fingerprint density at radius 3 is 2.12 bits per heavy atom. The lowest BCUT2D eigenvalue weighted by Gasteiger charge is -2.29. The molecule has 0 unspecified atom stereocenters. The average molecular weight is 465 g/mol. The van der Waals surface area contributed by atoms with E-state index in [2.05, 4.69) is 12.8 Å². The van der Waals surface area contributed by atoms with Crippen molar-refractivity contribution >= 4 is 16.7 Å². The van der Waals surface area contributed by atoms with Gasteiger partial charge >= 0.3 is 5.97 Å². The molecule has 0 aliphatic rings. The fourth-order valence-electron chi connectivity index (χ4n) is 4.58. The number of hydrogen-bond acceptors (Lipinski definition) is 3. The molecule has 34 heavy (non-hydrogen) atoms. The van der Waals surface area contributed by atoms with Crippen LogP contribution in [0.3, 0.4) is 0 Å². The Bertz CT molecular complexity index is 892. The molecule has 3 heteroatoms. The van der Waals surface area contributed by atoms with Crippen LogP contribution in [0.2, 0.25) is 0 Å². The highest BCUT2D eigenvalue weighted by molar-refractivity contribution is 5.92. The highest BCUT2D eigenvalue weighted by Gasteiger charge is 2.39. The number of benzene rings is 2. The first-order valence-corrected chi connectivity index (χ1v) is 13.2. The van der Waals surface area contributed by atoms with E-state index < -0.39 is 5.60 Å². The Labute approximate surface area is 207 Å². The second-order valence-electron chi connectivity index (χ2n) is 9.52. The first-order valence-electron chi connectivity index (χ1n) is 13.2. The van der Waals surface area contributed by atoms with Gasteiger partial charge in [-0.25, -0.2) is 4.79 Å².